The highest BCUT2D eigenvalue weighted by molar-refractivity contribution is 4.75. The maximum atomic E-state index is 9.22. The van der Waals surface area contributed by atoms with Gasteiger partial charge in [-0.1, -0.05) is 0 Å². The minimum atomic E-state index is -0.0886. The van der Waals surface area contributed by atoms with E-state index in [-0.39, 0.29) is 12.7 Å². The molecule has 0 aromatic carbocycles. The highest BCUT2D eigenvalue weighted by Crippen LogP contribution is 2.18. The zero-order chi connectivity index (χ0) is 8.81. The van der Waals surface area contributed by atoms with Gasteiger partial charge in [-0.3, -0.25) is 0 Å². The van der Waals surface area contributed by atoms with Crippen molar-refractivity contribution in [2.75, 3.05) is 13.2 Å². The van der Waals surface area contributed by atoms with E-state index in [9.17, 15) is 5.11 Å². The first-order valence-electron chi connectivity index (χ1n) is 4.78. The monoisotopic (exact) mass is 172 g/mol. The van der Waals surface area contributed by atoms with Crippen LogP contribution in [0.5, 0.6) is 0 Å². The van der Waals surface area contributed by atoms with Crippen LogP contribution in [0.4, 0.5) is 0 Å². The number of hydrogen-bond acceptors (Lipinski definition) is 2. The van der Waals surface area contributed by atoms with Gasteiger partial charge in [0.15, 0.2) is 0 Å². The maximum absolute atomic E-state index is 9.22. The zero-order valence-corrected chi connectivity index (χ0v) is 7.45. The van der Waals surface area contributed by atoms with E-state index in [1.807, 2.05) is 0 Å². The smallest absolute Gasteiger partial charge is 0.0541 e. The summed E-state index contributed by atoms with van der Waals surface area (Å²) in [7, 11) is 0. The average Bonchev–Trinajstić information content (AvgIpc) is 2.09. The number of aliphatic hydroxyl groups excluding tert-OH is 2. The molecule has 1 fully saturated rings. The third-order valence-corrected chi connectivity index (χ3v) is 2.37. The lowest BCUT2D eigenvalue weighted by Gasteiger charge is -2.24. The molecule has 12 heavy (non-hydrogen) atoms. The van der Waals surface area contributed by atoms with Crippen LogP contribution in [0.15, 0.2) is 0 Å². The molecule has 0 bridgehead atoms. The number of hydrogen-bond donors (Lipinski definition) is 2. The standard InChI is InChI=1S/C9H18NO2/c11-7-1-6-10-8-2-4-9(12)5-3-8/h8-9,11-12H,1-7H2. The van der Waals surface area contributed by atoms with Gasteiger partial charge in [0.05, 0.1) is 6.10 Å². The SMILES string of the molecule is OCCC[N]C1CCC(O)CC1. The van der Waals surface area contributed by atoms with E-state index >= 15 is 0 Å². The van der Waals surface area contributed by atoms with E-state index in [1.54, 1.807) is 0 Å². The fraction of sp³-hybridized carbons (Fsp3) is 1.00. The lowest BCUT2D eigenvalue weighted by molar-refractivity contribution is 0.115. The van der Waals surface area contributed by atoms with Crippen LogP contribution >= 0.6 is 0 Å². The molecule has 1 rings (SSSR count). The third-order valence-electron chi connectivity index (χ3n) is 2.37. The van der Waals surface area contributed by atoms with E-state index in [1.165, 1.54) is 0 Å². The Kier molecular flexibility index (Phi) is 4.58. The summed E-state index contributed by atoms with van der Waals surface area (Å²) >= 11 is 0. The van der Waals surface area contributed by atoms with E-state index in [0.717, 1.165) is 38.6 Å². The van der Waals surface area contributed by atoms with Gasteiger partial charge in [0.25, 0.3) is 0 Å². The Balaban J connectivity index is 2.01. The lowest BCUT2D eigenvalue weighted by atomic mass is 9.93. The molecule has 0 saturated heterocycles. The summed E-state index contributed by atoms with van der Waals surface area (Å²) in [4.78, 5) is 0. The first-order valence-corrected chi connectivity index (χ1v) is 4.78. The van der Waals surface area contributed by atoms with Gasteiger partial charge in [-0.15, -0.1) is 0 Å². The maximum Gasteiger partial charge on any atom is 0.0541 e. The van der Waals surface area contributed by atoms with Crippen molar-refractivity contribution >= 4 is 0 Å². The normalized spacial score (nSPS) is 30.5. The molecule has 1 aliphatic carbocycles. The van der Waals surface area contributed by atoms with Crippen LogP contribution in [-0.2, 0) is 0 Å². The van der Waals surface area contributed by atoms with Crippen LogP contribution in [0.25, 0.3) is 0 Å². The van der Waals surface area contributed by atoms with Crippen molar-refractivity contribution in [3.63, 3.8) is 0 Å². The van der Waals surface area contributed by atoms with Gasteiger partial charge in [-0.05, 0) is 32.1 Å². The predicted molar refractivity (Wildman–Crippen MR) is 47.0 cm³/mol. The second kappa shape index (κ2) is 5.51. The molecule has 3 heteroatoms. The van der Waals surface area contributed by atoms with Gasteiger partial charge in [-0.2, -0.15) is 0 Å². The first-order chi connectivity index (χ1) is 5.83. The summed E-state index contributed by atoms with van der Waals surface area (Å²) in [6.45, 7) is 1.01. The van der Waals surface area contributed by atoms with Crippen molar-refractivity contribution in [2.24, 2.45) is 0 Å². The van der Waals surface area contributed by atoms with Gasteiger partial charge in [0.2, 0.25) is 0 Å². The van der Waals surface area contributed by atoms with Crippen molar-refractivity contribution in [3.8, 4) is 0 Å². The third kappa shape index (κ3) is 3.52. The molecule has 1 radical (unpaired) electrons. The largest absolute Gasteiger partial charge is 0.396 e. The second-order valence-corrected chi connectivity index (χ2v) is 3.45. The summed E-state index contributed by atoms with van der Waals surface area (Å²) in [5.74, 6) is 0. The van der Waals surface area contributed by atoms with Crippen LogP contribution in [0.2, 0.25) is 0 Å². The summed E-state index contributed by atoms with van der Waals surface area (Å²) in [5, 5.41) is 22.2. The minimum absolute atomic E-state index is 0.0886. The summed E-state index contributed by atoms with van der Waals surface area (Å²) < 4.78 is 0. The molecule has 0 amide bonds. The zero-order valence-electron chi connectivity index (χ0n) is 7.45. The first kappa shape index (κ1) is 9.96. The molecule has 71 valence electrons. The van der Waals surface area contributed by atoms with Gasteiger partial charge in [0, 0.05) is 19.2 Å². The van der Waals surface area contributed by atoms with Crippen molar-refractivity contribution in [2.45, 2.75) is 44.2 Å². The Morgan fingerprint density at radius 3 is 2.42 bits per heavy atom. The Labute approximate surface area is 73.8 Å². The Morgan fingerprint density at radius 2 is 1.83 bits per heavy atom. The number of rotatable bonds is 4. The van der Waals surface area contributed by atoms with Crippen LogP contribution in [0.3, 0.4) is 0 Å². The molecule has 0 unspecified atom stereocenters. The molecule has 0 spiro atoms. The van der Waals surface area contributed by atoms with Crippen LogP contribution in [-0.4, -0.2) is 35.5 Å². The van der Waals surface area contributed by atoms with Crippen LogP contribution in [0.1, 0.15) is 32.1 Å². The molecular formula is C9H18NO2. The minimum Gasteiger partial charge on any atom is -0.396 e. The van der Waals surface area contributed by atoms with Crippen molar-refractivity contribution < 1.29 is 10.2 Å². The van der Waals surface area contributed by atoms with E-state index in [0.29, 0.717) is 6.04 Å². The van der Waals surface area contributed by atoms with Gasteiger partial charge >= 0.3 is 0 Å². The van der Waals surface area contributed by atoms with E-state index < -0.39 is 0 Å². The van der Waals surface area contributed by atoms with Crippen molar-refractivity contribution in [3.05, 3.63) is 0 Å². The van der Waals surface area contributed by atoms with Gasteiger partial charge < -0.3 is 10.2 Å². The highest BCUT2D eigenvalue weighted by atomic mass is 16.3. The van der Waals surface area contributed by atoms with E-state index in [2.05, 4.69) is 5.32 Å². The van der Waals surface area contributed by atoms with Crippen molar-refractivity contribution in [1.29, 1.82) is 0 Å². The fourth-order valence-electron chi connectivity index (χ4n) is 1.59. The Morgan fingerprint density at radius 1 is 1.17 bits per heavy atom. The molecular weight excluding hydrogens is 154 g/mol. The lowest BCUT2D eigenvalue weighted by Crippen LogP contribution is -2.30. The van der Waals surface area contributed by atoms with Crippen LogP contribution in [0, 0.1) is 0 Å². The number of aliphatic hydroxyl groups is 2. The molecule has 1 saturated carbocycles. The summed E-state index contributed by atoms with van der Waals surface area (Å²) in [6.07, 6.45) is 4.52. The van der Waals surface area contributed by atoms with Crippen molar-refractivity contribution in [1.82, 2.24) is 5.32 Å². The quantitative estimate of drug-likeness (QED) is 0.598. The molecule has 0 aromatic rings. The number of nitrogens with zero attached hydrogens (tertiary/aromatic N) is 1. The average molecular weight is 172 g/mol. The van der Waals surface area contributed by atoms with E-state index in [4.69, 9.17) is 5.11 Å². The summed E-state index contributed by atoms with van der Waals surface area (Å²) in [5.41, 5.74) is 0. The Hall–Kier alpha value is -0.120. The van der Waals surface area contributed by atoms with Gasteiger partial charge in [-0.25, -0.2) is 5.32 Å². The molecule has 3 nitrogen and oxygen atoms in total. The molecule has 0 atom stereocenters. The summed E-state index contributed by atoms with van der Waals surface area (Å²) in [6, 6.07) is 0.444. The molecule has 0 aromatic heterocycles. The van der Waals surface area contributed by atoms with Gasteiger partial charge in [0.1, 0.15) is 0 Å². The molecule has 0 heterocycles. The molecule has 2 N–H and O–H groups in total. The molecule has 0 aliphatic heterocycles. The Bertz CT molecular complexity index is 111. The highest BCUT2D eigenvalue weighted by Gasteiger charge is 2.18. The molecule has 1 aliphatic rings. The van der Waals surface area contributed by atoms with Crippen LogP contribution < -0.4 is 5.32 Å². The second-order valence-electron chi connectivity index (χ2n) is 3.45. The topological polar surface area (TPSA) is 54.6 Å². The predicted octanol–water partition coefficient (Wildman–Crippen LogP) is 0.277. The fourth-order valence-corrected chi connectivity index (χ4v) is 1.59.